The molecule has 0 radical (unpaired) electrons. The summed E-state index contributed by atoms with van der Waals surface area (Å²) in [6.45, 7) is 2.36. The highest BCUT2D eigenvalue weighted by molar-refractivity contribution is 6.09. The van der Waals surface area contributed by atoms with Crippen molar-refractivity contribution in [3.63, 3.8) is 0 Å². The molecule has 6 aromatic rings. The summed E-state index contributed by atoms with van der Waals surface area (Å²) in [7, 11) is 0. The molecule has 8 rings (SSSR count). The molecule has 0 fully saturated rings. The Labute approximate surface area is 228 Å². The molecule has 2 aliphatic rings. The van der Waals surface area contributed by atoms with Gasteiger partial charge in [-0.15, -0.1) is 0 Å². The molecule has 1 aliphatic carbocycles. The summed E-state index contributed by atoms with van der Waals surface area (Å²) in [5.74, 6) is 0. The number of hydrogen-bond acceptors (Lipinski definition) is 1. The monoisotopic (exact) mass is 500 g/mol. The number of rotatable bonds is 3. The van der Waals surface area contributed by atoms with E-state index in [1.54, 1.807) is 0 Å². The van der Waals surface area contributed by atoms with E-state index in [2.05, 4.69) is 162 Å². The fourth-order valence-corrected chi connectivity index (χ4v) is 6.78. The van der Waals surface area contributed by atoms with E-state index in [4.69, 9.17) is 0 Å². The van der Waals surface area contributed by atoms with Crippen molar-refractivity contribution < 1.29 is 0 Å². The van der Waals surface area contributed by atoms with Crippen molar-refractivity contribution in [1.82, 2.24) is 4.57 Å². The van der Waals surface area contributed by atoms with Crippen LogP contribution in [0.15, 0.2) is 146 Å². The zero-order valence-electron chi connectivity index (χ0n) is 21.8. The Kier molecular flexibility index (Phi) is 4.75. The third-order valence-corrected chi connectivity index (χ3v) is 8.63. The Morgan fingerprint density at radius 2 is 1.21 bits per heavy atom. The average Bonchev–Trinajstić information content (AvgIpc) is 3.47. The fourth-order valence-electron chi connectivity index (χ4n) is 6.78. The van der Waals surface area contributed by atoms with E-state index < -0.39 is 0 Å². The number of allylic oxidation sites excluding steroid dienone is 2. The Bertz CT molecular complexity index is 1900. The van der Waals surface area contributed by atoms with Crippen LogP contribution in [0.5, 0.6) is 0 Å². The molecule has 0 saturated heterocycles. The fraction of sp³-hybridized carbons (Fsp3) is 0.0811. The number of hydrogen-bond donors (Lipinski definition) is 0. The lowest BCUT2D eigenvalue weighted by Crippen LogP contribution is -2.39. The second kappa shape index (κ2) is 8.34. The summed E-state index contributed by atoms with van der Waals surface area (Å²) in [4.78, 5) is 2.51. The first-order chi connectivity index (χ1) is 19.2. The average molecular weight is 501 g/mol. The van der Waals surface area contributed by atoms with Gasteiger partial charge in [0, 0.05) is 33.2 Å². The molecule has 2 unspecified atom stereocenters. The second-order valence-corrected chi connectivity index (χ2v) is 10.8. The summed E-state index contributed by atoms with van der Waals surface area (Å²) >= 11 is 0. The largest absolute Gasteiger partial charge is 0.333 e. The first-order valence-corrected chi connectivity index (χ1v) is 13.7. The van der Waals surface area contributed by atoms with Gasteiger partial charge in [-0.2, -0.15) is 0 Å². The van der Waals surface area contributed by atoms with Crippen molar-refractivity contribution in [2.75, 3.05) is 4.90 Å². The molecule has 1 aromatic heterocycles. The molecule has 2 nitrogen and oxygen atoms in total. The lowest BCUT2D eigenvalue weighted by molar-refractivity contribution is 0.551. The van der Waals surface area contributed by atoms with Crippen molar-refractivity contribution in [3.8, 4) is 16.8 Å². The molecule has 0 bridgehead atoms. The topological polar surface area (TPSA) is 8.17 Å². The standard InChI is InChI=1S/C37H28N2/c1-37-23-9-8-22-36(37)39(35-21-7-4-18-32(35)37)29-15-11-13-27(25-29)26-12-10-14-28(24-26)38-33-19-5-2-16-30(33)31-17-3-6-20-34(31)38/h2-25,36H,1H3. The molecule has 2 heteroatoms. The highest BCUT2D eigenvalue weighted by Gasteiger charge is 2.46. The molecule has 186 valence electrons. The minimum atomic E-state index is -0.0438. The molecule has 0 saturated carbocycles. The van der Waals surface area contributed by atoms with Crippen LogP contribution in [0, 0.1) is 0 Å². The van der Waals surface area contributed by atoms with Gasteiger partial charge in [0.25, 0.3) is 0 Å². The number of anilines is 2. The van der Waals surface area contributed by atoms with E-state index in [0.717, 1.165) is 0 Å². The molecule has 0 amide bonds. The molecule has 5 aromatic carbocycles. The van der Waals surface area contributed by atoms with Gasteiger partial charge in [0.15, 0.2) is 0 Å². The normalized spacial score (nSPS) is 19.5. The van der Waals surface area contributed by atoms with Gasteiger partial charge >= 0.3 is 0 Å². The smallest absolute Gasteiger partial charge is 0.0655 e. The van der Waals surface area contributed by atoms with Crippen molar-refractivity contribution in [1.29, 1.82) is 0 Å². The second-order valence-electron chi connectivity index (χ2n) is 10.8. The summed E-state index contributed by atoms with van der Waals surface area (Å²) in [6, 6.07) is 44.4. The van der Waals surface area contributed by atoms with Crippen molar-refractivity contribution in [2.45, 2.75) is 18.4 Å². The first kappa shape index (κ1) is 22.2. The first-order valence-electron chi connectivity index (χ1n) is 13.7. The Balaban J connectivity index is 1.26. The van der Waals surface area contributed by atoms with Gasteiger partial charge in [-0.3, -0.25) is 0 Å². The Hall–Kier alpha value is -4.82. The molecule has 1 aliphatic heterocycles. The maximum Gasteiger partial charge on any atom is 0.0655 e. The van der Waals surface area contributed by atoms with Gasteiger partial charge < -0.3 is 9.47 Å². The Morgan fingerprint density at radius 1 is 0.590 bits per heavy atom. The van der Waals surface area contributed by atoms with Crippen LogP contribution in [0.3, 0.4) is 0 Å². The highest BCUT2D eigenvalue weighted by Crippen LogP contribution is 2.51. The SMILES string of the molecule is CC12C=CC=CC1N(c1cccc(-c3cccc(-n4c5ccccc5c5ccccc54)c3)c1)c1ccccc12. The van der Waals surface area contributed by atoms with Gasteiger partial charge in [0.05, 0.1) is 17.1 Å². The maximum atomic E-state index is 2.51. The molecular weight excluding hydrogens is 472 g/mol. The molecule has 0 N–H and O–H groups in total. The molecule has 2 heterocycles. The van der Waals surface area contributed by atoms with Crippen molar-refractivity contribution in [3.05, 3.63) is 151 Å². The summed E-state index contributed by atoms with van der Waals surface area (Å²) < 4.78 is 2.39. The van der Waals surface area contributed by atoms with E-state index in [0.29, 0.717) is 0 Å². The lowest BCUT2D eigenvalue weighted by Gasteiger charge is -2.34. The van der Waals surface area contributed by atoms with Gasteiger partial charge in [-0.25, -0.2) is 0 Å². The number of benzene rings is 5. The molecule has 2 atom stereocenters. The van der Waals surface area contributed by atoms with Crippen LogP contribution in [0.4, 0.5) is 11.4 Å². The van der Waals surface area contributed by atoms with Gasteiger partial charge in [0.1, 0.15) is 0 Å². The van der Waals surface area contributed by atoms with Crippen LogP contribution in [-0.2, 0) is 5.41 Å². The summed E-state index contributed by atoms with van der Waals surface area (Å²) in [5, 5.41) is 2.57. The van der Waals surface area contributed by atoms with Crippen LogP contribution in [0.1, 0.15) is 12.5 Å². The molecular formula is C37H28N2. The van der Waals surface area contributed by atoms with Crippen LogP contribution in [-0.4, -0.2) is 10.6 Å². The quantitative estimate of drug-likeness (QED) is 0.235. The minimum Gasteiger partial charge on any atom is -0.333 e. The number of para-hydroxylation sites is 3. The van der Waals surface area contributed by atoms with E-state index >= 15 is 0 Å². The van der Waals surface area contributed by atoms with Crippen LogP contribution in [0.2, 0.25) is 0 Å². The van der Waals surface area contributed by atoms with E-state index in [-0.39, 0.29) is 11.5 Å². The van der Waals surface area contributed by atoms with Crippen LogP contribution >= 0.6 is 0 Å². The number of aromatic nitrogens is 1. The molecule has 0 spiro atoms. The van der Waals surface area contributed by atoms with Gasteiger partial charge in [-0.1, -0.05) is 103 Å². The van der Waals surface area contributed by atoms with E-state index in [9.17, 15) is 0 Å². The Morgan fingerprint density at radius 3 is 1.95 bits per heavy atom. The van der Waals surface area contributed by atoms with Crippen molar-refractivity contribution >= 4 is 33.2 Å². The number of fused-ring (bicyclic) bond motifs is 6. The third-order valence-electron chi connectivity index (χ3n) is 8.63. The highest BCUT2D eigenvalue weighted by atomic mass is 15.2. The predicted molar refractivity (Wildman–Crippen MR) is 164 cm³/mol. The maximum absolute atomic E-state index is 2.51. The molecule has 39 heavy (non-hydrogen) atoms. The van der Waals surface area contributed by atoms with Crippen molar-refractivity contribution in [2.24, 2.45) is 0 Å². The summed E-state index contributed by atoms with van der Waals surface area (Å²) in [6.07, 6.45) is 9.07. The predicted octanol–water partition coefficient (Wildman–Crippen LogP) is 9.35. The van der Waals surface area contributed by atoms with Crippen LogP contribution in [0.25, 0.3) is 38.6 Å². The van der Waals surface area contributed by atoms with E-state index in [1.807, 2.05) is 0 Å². The van der Waals surface area contributed by atoms with Gasteiger partial charge in [-0.05, 0) is 66.1 Å². The summed E-state index contributed by atoms with van der Waals surface area (Å²) in [5.41, 5.74) is 9.92. The zero-order valence-corrected chi connectivity index (χ0v) is 21.8. The number of nitrogens with zero attached hydrogens (tertiary/aromatic N) is 2. The zero-order chi connectivity index (χ0) is 26.0. The van der Waals surface area contributed by atoms with Gasteiger partial charge in [0.2, 0.25) is 0 Å². The third kappa shape index (κ3) is 3.21. The van der Waals surface area contributed by atoms with Crippen LogP contribution < -0.4 is 4.90 Å². The minimum absolute atomic E-state index is 0.0438. The van der Waals surface area contributed by atoms with E-state index in [1.165, 1.54) is 55.6 Å². The lowest BCUT2D eigenvalue weighted by atomic mass is 9.76.